The van der Waals surface area contributed by atoms with Crippen LogP contribution in [0.25, 0.3) is 5.13 Å². The van der Waals surface area contributed by atoms with Crippen molar-refractivity contribution in [2.75, 3.05) is 6.54 Å². The Hall–Kier alpha value is -1.20. The van der Waals surface area contributed by atoms with Crippen LogP contribution in [0, 0.1) is 13.8 Å². The molecule has 0 saturated heterocycles. The monoisotopic (exact) mass is 264 g/mol. The average molecular weight is 264 g/mol. The molecule has 0 fully saturated rings. The Labute approximate surface area is 112 Å². The molecule has 1 N–H and O–H groups in total. The highest BCUT2D eigenvalue weighted by atomic mass is 32.1. The Morgan fingerprint density at radius 3 is 2.78 bits per heavy atom. The summed E-state index contributed by atoms with van der Waals surface area (Å²) >= 11 is 1.61. The van der Waals surface area contributed by atoms with Crippen molar-refractivity contribution in [3.8, 4) is 5.13 Å². The van der Waals surface area contributed by atoms with Gasteiger partial charge in [-0.15, -0.1) is 11.3 Å². The minimum absolute atomic E-state index is 0.527. The molecule has 2 aromatic heterocycles. The molecule has 0 atom stereocenters. The molecule has 2 aromatic rings. The number of nitrogens with one attached hydrogen (secondary N) is 1. The van der Waals surface area contributed by atoms with Crippen LogP contribution in [-0.4, -0.2) is 27.4 Å². The molecular weight excluding hydrogens is 244 g/mol. The predicted molar refractivity (Wildman–Crippen MR) is 75.6 cm³/mol. The number of aromatic nitrogens is 3. The van der Waals surface area contributed by atoms with Crippen molar-refractivity contribution in [1.29, 1.82) is 0 Å². The van der Waals surface area contributed by atoms with Crippen LogP contribution in [0.15, 0.2) is 11.6 Å². The second kappa shape index (κ2) is 5.63. The third-order valence-corrected chi connectivity index (χ3v) is 3.72. The van der Waals surface area contributed by atoms with Crippen molar-refractivity contribution < 1.29 is 0 Å². The molecular formula is C13H20N4S. The van der Waals surface area contributed by atoms with E-state index in [1.807, 2.05) is 16.3 Å². The molecule has 0 saturated carbocycles. The zero-order valence-electron chi connectivity index (χ0n) is 11.4. The third kappa shape index (κ3) is 2.79. The van der Waals surface area contributed by atoms with Gasteiger partial charge in [0.05, 0.1) is 5.69 Å². The molecule has 2 heterocycles. The number of thiazole rings is 1. The van der Waals surface area contributed by atoms with Crippen LogP contribution >= 0.6 is 11.3 Å². The topological polar surface area (TPSA) is 42.7 Å². The van der Waals surface area contributed by atoms with Gasteiger partial charge in [-0.2, -0.15) is 5.10 Å². The lowest BCUT2D eigenvalue weighted by molar-refractivity contribution is 0.589. The summed E-state index contributed by atoms with van der Waals surface area (Å²) in [7, 11) is 0. The molecule has 0 radical (unpaired) electrons. The number of rotatable bonds is 5. The van der Waals surface area contributed by atoms with Crippen molar-refractivity contribution >= 4 is 11.3 Å². The maximum Gasteiger partial charge on any atom is 0.210 e. The van der Waals surface area contributed by atoms with Crippen LogP contribution in [0.5, 0.6) is 0 Å². The first kappa shape index (κ1) is 13.2. The number of hydrogen-bond donors (Lipinski definition) is 1. The van der Waals surface area contributed by atoms with Gasteiger partial charge in [-0.25, -0.2) is 9.67 Å². The summed E-state index contributed by atoms with van der Waals surface area (Å²) in [5.41, 5.74) is 3.64. The zero-order chi connectivity index (χ0) is 13.1. The summed E-state index contributed by atoms with van der Waals surface area (Å²) in [4.78, 5) is 4.31. The van der Waals surface area contributed by atoms with Gasteiger partial charge >= 0.3 is 0 Å². The first-order valence-corrected chi connectivity index (χ1v) is 7.16. The summed E-state index contributed by atoms with van der Waals surface area (Å²) < 4.78 is 1.95. The first-order chi connectivity index (χ1) is 8.59. The second-order valence-electron chi connectivity index (χ2n) is 4.73. The van der Waals surface area contributed by atoms with E-state index in [1.165, 1.54) is 11.3 Å². The van der Waals surface area contributed by atoms with Gasteiger partial charge in [-0.05, 0) is 32.4 Å². The van der Waals surface area contributed by atoms with E-state index in [1.54, 1.807) is 11.3 Å². The minimum Gasteiger partial charge on any atom is -0.314 e. The number of hydrogen-bond acceptors (Lipinski definition) is 4. The Kier molecular flexibility index (Phi) is 4.14. The highest BCUT2D eigenvalue weighted by Crippen LogP contribution is 2.19. The van der Waals surface area contributed by atoms with Gasteiger partial charge in [0.15, 0.2) is 0 Å². The van der Waals surface area contributed by atoms with E-state index in [9.17, 15) is 0 Å². The van der Waals surface area contributed by atoms with E-state index < -0.39 is 0 Å². The van der Waals surface area contributed by atoms with Crippen molar-refractivity contribution in [3.05, 3.63) is 28.5 Å². The molecule has 0 spiro atoms. The quantitative estimate of drug-likeness (QED) is 0.902. The predicted octanol–water partition coefficient (Wildman–Crippen LogP) is 2.49. The summed E-state index contributed by atoms with van der Waals surface area (Å²) in [6.45, 7) is 9.51. The lowest BCUT2D eigenvalue weighted by atomic mass is 10.1. The van der Waals surface area contributed by atoms with Gasteiger partial charge in [-0.1, -0.05) is 13.8 Å². The fourth-order valence-electron chi connectivity index (χ4n) is 2.03. The smallest absolute Gasteiger partial charge is 0.210 e. The van der Waals surface area contributed by atoms with E-state index in [2.05, 4.69) is 43.1 Å². The van der Waals surface area contributed by atoms with Crippen LogP contribution in [-0.2, 0) is 6.42 Å². The molecule has 0 aliphatic carbocycles. The lowest BCUT2D eigenvalue weighted by Crippen LogP contribution is -2.25. The molecule has 0 aromatic carbocycles. The molecule has 4 nitrogen and oxygen atoms in total. The lowest BCUT2D eigenvalue weighted by Gasteiger charge is -2.08. The zero-order valence-corrected chi connectivity index (χ0v) is 12.2. The SMILES string of the molecule is Cc1nn(-c2nccs2)c(C)c1CCNC(C)C. The van der Waals surface area contributed by atoms with Crippen molar-refractivity contribution in [2.24, 2.45) is 0 Å². The molecule has 2 rings (SSSR count). The van der Waals surface area contributed by atoms with Crippen LogP contribution in [0.2, 0.25) is 0 Å². The largest absolute Gasteiger partial charge is 0.314 e. The van der Waals surface area contributed by atoms with Gasteiger partial charge in [0.2, 0.25) is 5.13 Å². The molecule has 5 heteroatoms. The maximum atomic E-state index is 4.59. The molecule has 0 aliphatic rings. The van der Waals surface area contributed by atoms with Gasteiger partial charge in [0.1, 0.15) is 0 Å². The fraction of sp³-hybridized carbons (Fsp3) is 0.538. The molecule has 18 heavy (non-hydrogen) atoms. The molecule has 0 amide bonds. The normalized spacial score (nSPS) is 11.4. The highest BCUT2D eigenvalue weighted by molar-refractivity contribution is 7.12. The summed E-state index contributed by atoms with van der Waals surface area (Å²) in [5.74, 6) is 0. The third-order valence-electron chi connectivity index (χ3n) is 2.97. The first-order valence-electron chi connectivity index (χ1n) is 6.28. The van der Waals surface area contributed by atoms with Crippen LogP contribution in [0.4, 0.5) is 0 Å². The van der Waals surface area contributed by atoms with Crippen LogP contribution in [0.3, 0.4) is 0 Å². The van der Waals surface area contributed by atoms with E-state index in [-0.39, 0.29) is 0 Å². The molecule has 0 unspecified atom stereocenters. The Morgan fingerprint density at radius 2 is 2.17 bits per heavy atom. The van der Waals surface area contributed by atoms with E-state index in [4.69, 9.17) is 0 Å². The fourth-order valence-corrected chi connectivity index (χ4v) is 2.67. The second-order valence-corrected chi connectivity index (χ2v) is 5.61. The molecule has 0 bridgehead atoms. The van der Waals surface area contributed by atoms with Gasteiger partial charge in [-0.3, -0.25) is 0 Å². The van der Waals surface area contributed by atoms with E-state index in [0.717, 1.165) is 23.8 Å². The minimum atomic E-state index is 0.527. The van der Waals surface area contributed by atoms with Crippen molar-refractivity contribution in [1.82, 2.24) is 20.1 Å². The summed E-state index contributed by atoms with van der Waals surface area (Å²) in [6.07, 6.45) is 2.83. The van der Waals surface area contributed by atoms with Crippen LogP contribution in [0.1, 0.15) is 30.8 Å². The molecule has 0 aliphatic heterocycles. The van der Waals surface area contributed by atoms with Gasteiger partial charge in [0, 0.05) is 23.3 Å². The number of nitrogens with zero attached hydrogens (tertiary/aromatic N) is 3. The Bertz CT molecular complexity index is 499. The standard InChI is InChI=1S/C13H20N4S/c1-9(2)14-6-5-12-10(3)16-17(11(12)4)13-15-7-8-18-13/h7-9,14H,5-6H2,1-4H3. The van der Waals surface area contributed by atoms with E-state index >= 15 is 0 Å². The average Bonchev–Trinajstić information content (AvgIpc) is 2.91. The van der Waals surface area contributed by atoms with Crippen molar-refractivity contribution in [2.45, 2.75) is 40.2 Å². The van der Waals surface area contributed by atoms with E-state index in [0.29, 0.717) is 6.04 Å². The Balaban J connectivity index is 2.17. The number of aryl methyl sites for hydroxylation is 1. The highest BCUT2D eigenvalue weighted by Gasteiger charge is 2.13. The molecule has 98 valence electrons. The van der Waals surface area contributed by atoms with Gasteiger partial charge in [0.25, 0.3) is 0 Å². The summed E-state index contributed by atoms with van der Waals surface area (Å²) in [6, 6.07) is 0.527. The summed E-state index contributed by atoms with van der Waals surface area (Å²) in [5, 5.41) is 11.0. The van der Waals surface area contributed by atoms with Crippen molar-refractivity contribution in [3.63, 3.8) is 0 Å². The Morgan fingerprint density at radius 1 is 1.39 bits per heavy atom. The van der Waals surface area contributed by atoms with Gasteiger partial charge < -0.3 is 5.32 Å². The van der Waals surface area contributed by atoms with Crippen LogP contribution < -0.4 is 5.32 Å². The maximum absolute atomic E-state index is 4.59.